The van der Waals surface area contributed by atoms with Gasteiger partial charge in [-0.25, -0.2) is 8.42 Å². The van der Waals surface area contributed by atoms with Crippen LogP contribution in [0.4, 0.5) is 5.69 Å². The molecule has 0 saturated carbocycles. The third-order valence-corrected chi connectivity index (χ3v) is 9.05. The fraction of sp³-hybridized carbons (Fsp3) is 0.375. The van der Waals surface area contributed by atoms with Gasteiger partial charge in [0.15, 0.2) is 0 Å². The van der Waals surface area contributed by atoms with Crippen molar-refractivity contribution in [2.24, 2.45) is 0 Å². The van der Waals surface area contributed by atoms with Crippen LogP contribution >= 0.6 is 11.8 Å². The predicted octanol–water partition coefficient (Wildman–Crippen LogP) is 5.34. The Hall–Kier alpha value is -3.70. The first kappa shape index (κ1) is 33.8. The molecular formula is C32H41N3O6S2. The first-order valence-corrected chi connectivity index (χ1v) is 16.6. The summed E-state index contributed by atoms with van der Waals surface area (Å²) in [7, 11) is -2.63. The van der Waals surface area contributed by atoms with Crippen molar-refractivity contribution in [2.75, 3.05) is 30.8 Å². The van der Waals surface area contributed by atoms with Gasteiger partial charge in [-0.05, 0) is 107 Å². The van der Waals surface area contributed by atoms with Crippen LogP contribution in [-0.2, 0) is 26.2 Å². The van der Waals surface area contributed by atoms with Crippen molar-refractivity contribution in [1.82, 2.24) is 10.2 Å². The number of thioether (sulfide) groups is 1. The zero-order valence-corrected chi connectivity index (χ0v) is 27.4. The zero-order valence-electron chi connectivity index (χ0n) is 25.8. The molecule has 0 aliphatic heterocycles. The standard InChI is InChI=1S/C32H41N3O6S2/c1-8-41-26-14-12-25(13-15-26)35(43(38,39)29-18-16-28(42-7)17-19-29)22-30(36)34(23(2)31(37)33-32(3,4)5)21-24-10-9-11-27(20-24)40-6/h9-20,23H,8,21-22H2,1-7H3,(H,33,37)/t23-/m1/s1. The minimum Gasteiger partial charge on any atom is -0.497 e. The smallest absolute Gasteiger partial charge is 0.264 e. The Bertz CT molecular complexity index is 1490. The van der Waals surface area contributed by atoms with Gasteiger partial charge in [0.2, 0.25) is 11.8 Å². The van der Waals surface area contributed by atoms with Gasteiger partial charge in [0.1, 0.15) is 24.1 Å². The Morgan fingerprint density at radius 1 is 0.977 bits per heavy atom. The summed E-state index contributed by atoms with van der Waals surface area (Å²) < 4.78 is 40.1. The largest absolute Gasteiger partial charge is 0.497 e. The molecule has 43 heavy (non-hydrogen) atoms. The highest BCUT2D eigenvalue weighted by Crippen LogP contribution is 2.28. The quantitative estimate of drug-likeness (QED) is 0.255. The topological polar surface area (TPSA) is 105 Å². The molecule has 1 N–H and O–H groups in total. The van der Waals surface area contributed by atoms with Gasteiger partial charge in [-0.2, -0.15) is 0 Å². The number of ether oxygens (including phenoxy) is 2. The van der Waals surface area contributed by atoms with Gasteiger partial charge < -0.3 is 19.7 Å². The summed E-state index contributed by atoms with van der Waals surface area (Å²) in [5.41, 5.74) is 0.488. The van der Waals surface area contributed by atoms with Gasteiger partial charge in [-0.1, -0.05) is 12.1 Å². The summed E-state index contributed by atoms with van der Waals surface area (Å²) in [6.07, 6.45) is 1.91. The molecule has 0 fully saturated rings. The highest BCUT2D eigenvalue weighted by molar-refractivity contribution is 7.98. The summed E-state index contributed by atoms with van der Waals surface area (Å²) in [5, 5.41) is 2.93. The highest BCUT2D eigenvalue weighted by Gasteiger charge is 2.33. The van der Waals surface area contributed by atoms with Crippen molar-refractivity contribution < 1.29 is 27.5 Å². The molecule has 0 unspecified atom stereocenters. The van der Waals surface area contributed by atoms with Crippen LogP contribution in [0.2, 0.25) is 0 Å². The van der Waals surface area contributed by atoms with Crippen LogP contribution in [0.3, 0.4) is 0 Å². The molecule has 3 aromatic rings. The van der Waals surface area contributed by atoms with Crippen LogP contribution in [0.25, 0.3) is 0 Å². The van der Waals surface area contributed by atoms with E-state index in [4.69, 9.17) is 9.47 Å². The number of carbonyl (C=O) groups excluding carboxylic acids is 2. The lowest BCUT2D eigenvalue weighted by Crippen LogP contribution is -2.54. The van der Waals surface area contributed by atoms with E-state index in [0.717, 1.165) is 14.8 Å². The third kappa shape index (κ3) is 9.14. The number of nitrogens with one attached hydrogen (secondary N) is 1. The Labute approximate surface area is 259 Å². The predicted molar refractivity (Wildman–Crippen MR) is 171 cm³/mol. The van der Waals surface area contributed by atoms with E-state index < -0.39 is 34.1 Å². The van der Waals surface area contributed by atoms with E-state index in [1.807, 2.05) is 40.0 Å². The Balaban J connectivity index is 2.05. The number of sulfonamides is 1. The van der Waals surface area contributed by atoms with Crippen molar-refractivity contribution in [1.29, 1.82) is 0 Å². The van der Waals surface area contributed by atoms with Gasteiger partial charge >= 0.3 is 0 Å². The van der Waals surface area contributed by atoms with Crippen molar-refractivity contribution in [3.63, 3.8) is 0 Å². The van der Waals surface area contributed by atoms with E-state index in [9.17, 15) is 18.0 Å². The van der Waals surface area contributed by atoms with Crippen molar-refractivity contribution in [3.05, 3.63) is 78.4 Å². The summed E-state index contributed by atoms with van der Waals surface area (Å²) in [5.74, 6) is 0.278. The molecule has 0 bridgehead atoms. The Morgan fingerprint density at radius 3 is 2.19 bits per heavy atom. The first-order chi connectivity index (χ1) is 20.3. The fourth-order valence-corrected chi connectivity index (χ4v) is 6.13. The van der Waals surface area contributed by atoms with Gasteiger partial charge in [0, 0.05) is 17.0 Å². The van der Waals surface area contributed by atoms with Gasteiger partial charge in [-0.3, -0.25) is 13.9 Å². The summed E-state index contributed by atoms with van der Waals surface area (Å²) in [6.45, 7) is 9.05. The molecule has 3 rings (SSSR count). The molecule has 0 aromatic heterocycles. The molecule has 11 heteroatoms. The lowest BCUT2D eigenvalue weighted by atomic mass is 10.1. The van der Waals surface area contributed by atoms with Gasteiger partial charge in [0.25, 0.3) is 10.0 Å². The van der Waals surface area contributed by atoms with Gasteiger partial charge in [0.05, 0.1) is 24.3 Å². The van der Waals surface area contributed by atoms with Crippen LogP contribution in [0.5, 0.6) is 11.5 Å². The van der Waals surface area contributed by atoms with Crippen LogP contribution in [0, 0.1) is 0 Å². The van der Waals surface area contributed by atoms with Crippen LogP contribution < -0.4 is 19.1 Å². The third-order valence-electron chi connectivity index (χ3n) is 6.51. The van der Waals surface area contributed by atoms with E-state index in [1.165, 1.54) is 28.8 Å². The van der Waals surface area contributed by atoms with E-state index in [2.05, 4.69) is 5.32 Å². The first-order valence-electron chi connectivity index (χ1n) is 13.9. The number of carbonyl (C=O) groups is 2. The average Bonchev–Trinajstić information content (AvgIpc) is 2.98. The van der Waals surface area contributed by atoms with Crippen molar-refractivity contribution >= 4 is 39.3 Å². The lowest BCUT2D eigenvalue weighted by Gasteiger charge is -2.33. The van der Waals surface area contributed by atoms with E-state index in [1.54, 1.807) is 68.6 Å². The number of amides is 2. The summed E-state index contributed by atoms with van der Waals surface area (Å²) in [6, 6.07) is 19.3. The number of rotatable bonds is 13. The molecule has 0 saturated heterocycles. The number of anilines is 1. The van der Waals surface area contributed by atoms with Crippen molar-refractivity contribution in [2.45, 2.75) is 62.5 Å². The van der Waals surface area contributed by atoms with Crippen molar-refractivity contribution in [3.8, 4) is 11.5 Å². The lowest BCUT2D eigenvalue weighted by molar-refractivity contribution is -0.140. The normalized spacial score (nSPS) is 12.3. The molecule has 0 spiro atoms. The van der Waals surface area contributed by atoms with Crippen LogP contribution in [0.1, 0.15) is 40.2 Å². The summed E-state index contributed by atoms with van der Waals surface area (Å²) in [4.78, 5) is 29.7. The molecule has 0 aliphatic rings. The Kier molecular flexibility index (Phi) is 11.5. The molecule has 9 nitrogen and oxygen atoms in total. The Morgan fingerprint density at radius 2 is 1.63 bits per heavy atom. The molecule has 1 atom stereocenters. The second-order valence-electron chi connectivity index (χ2n) is 10.9. The zero-order chi connectivity index (χ0) is 31.8. The summed E-state index contributed by atoms with van der Waals surface area (Å²) >= 11 is 1.50. The molecule has 0 radical (unpaired) electrons. The molecule has 0 heterocycles. The SMILES string of the molecule is CCOc1ccc(N(CC(=O)N(Cc2cccc(OC)c2)[C@H](C)C(=O)NC(C)(C)C)S(=O)(=O)c2ccc(SC)cc2)cc1. The number of hydrogen-bond donors (Lipinski definition) is 1. The van der Waals surface area contributed by atoms with E-state index in [-0.39, 0.29) is 17.3 Å². The highest BCUT2D eigenvalue weighted by atomic mass is 32.2. The maximum atomic E-state index is 14.1. The maximum absolute atomic E-state index is 14.1. The molecular weight excluding hydrogens is 587 g/mol. The maximum Gasteiger partial charge on any atom is 0.264 e. The second kappa shape index (κ2) is 14.7. The minimum absolute atomic E-state index is 0.0462. The number of nitrogens with zero attached hydrogens (tertiary/aromatic N) is 2. The molecule has 0 aliphatic carbocycles. The van der Waals surface area contributed by atoms with E-state index >= 15 is 0 Å². The van der Waals surface area contributed by atoms with E-state index in [0.29, 0.717) is 23.8 Å². The van der Waals surface area contributed by atoms with Crippen LogP contribution in [0.15, 0.2) is 82.6 Å². The molecule has 232 valence electrons. The molecule has 3 aromatic carbocycles. The number of benzene rings is 3. The number of hydrogen-bond acceptors (Lipinski definition) is 7. The average molecular weight is 628 g/mol. The minimum atomic E-state index is -4.18. The number of methoxy groups -OCH3 is 1. The fourth-order valence-electron chi connectivity index (χ4n) is 4.30. The monoisotopic (exact) mass is 627 g/mol. The molecule has 2 amide bonds. The van der Waals surface area contributed by atoms with Gasteiger partial charge in [-0.15, -0.1) is 11.8 Å². The second-order valence-corrected chi connectivity index (χ2v) is 13.6. The van der Waals surface area contributed by atoms with Crippen LogP contribution in [-0.4, -0.2) is 63.2 Å².